The lowest BCUT2D eigenvalue weighted by atomic mass is 10.1. The number of hydrogen-bond donors (Lipinski definition) is 4. The summed E-state index contributed by atoms with van der Waals surface area (Å²) in [6.45, 7) is 1.47. The zero-order chi connectivity index (χ0) is 20.8. The van der Waals surface area contributed by atoms with Crippen LogP contribution in [-0.2, 0) is 13.1 Å². The highest BCUT2D eigenvalue weighted by Gasteiger charge is 2.16. The van der Waals surface area contributed by atoms with E-state index in [0.29, 0.717) is 5.00 Å². The van der Waals surface area contributed by atoms with E-state index in [0.717, 1.165) is 34.8 Å². The standard InChI is InChI=1S/C21H22N4O3S/c1-28-16-8-4-14(5-9-16)12-24-11-13-2-6-15(7-3-13)18-10-17(19(22)26)20(29-18)25-21(23)27/h2-10,24H,11-12H2,1H3,(H2,22,26)(H3,23,25,27). The van der Waals surface area contributed by atoms with E-state index >= 15 is 0 Å². The summed E-state index contributed by atoms with van der Waals surface area (Å²) in [6, 6.07) is 16.8. The van der Waals surface area contributed by atoms with E-state index in [1.54, 1.807) is 13.2 Å². The lowest BCUT2D eigenvalue weighted by Crippen LogP contribution is -2.21. The fraction of sp³-hybridized carbons (Fsp3) is 0.143. The van der Waals surface area contributed by atoms with Crippen LogP contribution in [0.3, 0.4) is 0 Å². The monoisotopic (exact) mass is 410 g/mol. The smallest absolute Gasteiger partial charge is 0.317 e. The third-order valence-corrected chi connectivity index (χ3v) is 5.39. The Morgan fingerprint density at radius 3 is 2.07 bits per heavy atom. The number of urea groups is 1. The van der Waals surface area contributed by atoms with Crippen molar-refractivity contribution in [1.82, 2.24) is 5.32 Å². The quantitative estimate of drug-likeness (QED) is 0.455. The van der Waals surface area contributed by atoms with Crippen molar-refractivity contribution in [3.63, 3.8) is 0 Å². The molecule has 1 heterocycles. The highest BCUT2D eigenvalue weighted by molar-refractivity contribution is 7.20. The topological polar surface area (TPSA) is 119 Å². The average Bonchev–Trinajstić information content (AvgIpc) is 3.12. The third kappa shape index (κ3) is 5.34. The predicted octanol–water partition coefficient (Wildman–Crippen LogP) is 3.30. The van der Waals surface area contributed by atoms with Gasteiger partial charge in [-0.3, -0.25) is 10.1 Å². The van der Waals surface area contributed by atoms with E-state index in [1.165, 1.54) is 16.9 Å². The third-order valence-electron chi connectivity index (χ3n) is 4.29. The van der Waals surface area contributed by atoms with Gasteiger partial charge in [0.1, 0.15) is 10.8 Å². The predicted molar refractivity (Wildman–Crippen MR) is 115 cm³/mol. The Labute approximate surface area is 172 Å². The van der Waals surface area contributed by atoms with Crippen molar-refractivity contribution in [1.29, 1.82) is 0 Å². The summed E-state index contributed by atoms with van der Waals surface area (Å²) in [6.07, 6.45) is 0. The number of hydrogen-bond acceptors (Lipinski definition) is 5. The van der Waals surface area contributed by atoms with Crippen LogP contribution in [0, 0.1) is 0 Å². The number of methoxy groups -OCH3 is 1. The second-order valence-electron chi connectivity index (χ2n) is 6.36. The van der Waals surface area contributed by atoms with Crippen LogP contribution in [0.25, 0.3) is 10.4 Å². The van der Waals surface area contributed by atoms with Gasteiger partial charge in [-0.15, -0.1) is 11.3 Å². The Kier molecular flexibility index (Phi) is 6.48. The van der Waals surface area contributed by atoms with Crippen molar-refractivity contribution < 1.29 is 14.3 Å². The molecule has 3 aromatic rings. The lowest BCUT2D eigenvalue weighted by Gasteiger charge is -2.07. The highest BCUT2D eigenvalue weighted by atomic mass is 32.1. The largest absolute Gasteiger partial charge is 0.497 e. The molecular formula is C21H22N4O3S. The van der Waals surface area contributed by atoms with Crippen LogP contribution in [0.4, 0.5) is 9.80 Å². The summed E-state index contributed by atoms with van der Waals surface area (Å²) in [5.74, 6) is 0.224. The fourth-order valence-electron chi connectivity index (χ4n) is 2.80. The molecule has 0 aliphatic rings. The molecule has 0 bridgehead atoms. The van der Waals surface area contributed by atoms with Crippen molar-refractivity contribution in [2.45, 2.75) is 13.1 Å². The second kappa shape index (κ2) is 9.22. The van der Waals surface area contributed by atoms with Gasteiger partial charge in [-0.2, -0.15) is 0 Å². The van der Waals surface area contributed by atoms with Crippen molar-refractivity contribution in [2.75, 3.05) is 12.4 Å². The summed E-state index contributed by atoms with van der Waals surface area (Å²) < 4.78 is 5.16. The maximum Gasteiger partial charge on any atom is 0.317 e. The first kappa shape index (κ1) is 20.4. The van der Waals surface area contributed by atoms with E-state index in [1.807, 2.05) is 48.5 Å². The molecule has 8 heteroatoms. The number of amides is 3. The number of benzene rings is 2. The number of ether oxygens (including phenoxy) is 1. The number of nitrogens with one attached hydrogen (secondary N) is 2. The summed E-state index contributed by atoms with van der Waals surface area (Å²) >= 11 is 1.25. The van der Waals surface area contributed by atoms with Crippen molar-refractivity contribution >= 4 is 28.3 Å². The number of thiophene rings is 1. The molecule has 0 atom stereocenters. The molecule has 150 valence electrons. The van der Waals surface area contributed by atoms with Crippen LogP contribution in [-0.4, -0.2) is 19.0 Å². The minimum Gasteiger partial charge on any atom is -0.497 e. The molecule has 0 aliphatic heterocycles. The maximum absolute atomic E-state index is 11.6. The molecule has 3 amide bonds. The van der Waals surface area contributed by atoms with Gasteiger partial charge in [0.05, 0.1) is 12.7 Å². The Morgan fingerprint density at radius 1 is 0.966 bits per heavy atom. The number of anilines is 1. The molecule has 7 nitrogen and oxygen atoms in total. The van der Waals surface area contributed by atoms with E-state index in [9.17, 15) is 9.59 Å². The van der Waals surface area contributed by atoms with E-state index in [-0.39, 0.29) is 5.56 Å². The minimum atomic E-state index is -0.737. The first-order valence-corrected chi connectivity index (χ1v) is 9.71. The van der Waals surface area contributed by atoms with Crippen molar-refractivity contribution in [3.05, 3.63) is 71.3 Å². The van der Waals surface area contributed by atoms with Crippen LogP contribution in [0.1, 0.15) is 21.5 Å². The molecular weight excluding hydrogens is 388 g/mol. The lowest BCUT2D eigenvalue weighted by molar-refractivity contribution is 0.100. The maximum atomic E-state index is 11.6. The Morgan fingerprint density at radius 2 is 1.55 bits per heavy atom. The Bertz CT molecular complexity index is 998. The van der Waals surface area contributed by atoms with Gasteiger partial charge in [0, 0.05) is 18.0 Å². The molecule has 0 radical (unpaired) electrons. The van der Waals surface area contributed by atoms with Gasteiger partial charge in [0.15, 0.2) is 0 Å². The molecule has 0 saturated heterocycles. The molecule has 0 unspecified atom stereocenters. The Hall–Kier alpha value is -3.36. The van der Waals surface area contributed by atoms with Crippen molar-refractivity contribution in [2.24, 2.45) is 11.5 Å². The summed E-state index contributed by atoms with van der Waals surface area (Å²) in [4.78, 5) is 23.5. The van der Waals surface area contributed by atoms with Gasteiger partial charge in [-0.1, -0.05) is 36.4 Å². The first-order chi connectivity index (χ1) is 14.0. The summed E-state index contributed by atoms with van der Waals surface area (Å²) in [5.41, 5.74) is 14.0. The number of rotatable bonds is 8. The fourth-order valence-corrected chi connectivity index (χ4v) is 3.87. The average molecular weight is 410 g/mol. The summed E-state index contributed by atoms with van der Waals surface area (Å²) in [7, 11) is 1.65. The van der Waals surface area contributed by atoms with Crippen LogP contribution in [0.5, 0.6) is 5.75 Å². The van der Waals surface area contributed by atoms with Crippen LogP contribution in [0.2, 0.25) is 0 Å². The van der Waals surface area contributed by atoms with Gasteiger partial charge in [0.25, 0.3) is 5.91 Å². The Balaban J connectivity index is 1.63. The molecule has 0 aliphatic carbocycles. The minimum absolute atomic E-state index is 0.244. The molecule has 0 spiro atoms. The zero-order valence-corrected chi connectivity index (χ0v) is 16.7. The number of primary amides is 2. The molecule has 1 aromatic heterocycles. The number of nitrogens with two attached hydrogens (primary N) is 2. The first-order valence-electron chi connectivity index (χ1n) is 8.89. The van der Waals surface area contributed by atoms with Crippen LogP contribution < -0.4 is 26.8 Å². The van der Waals surface area contributed by atoms with Gasteiger partial charge in [0.2, 0.25) is 0 Å². The van der Waals surface area contributed by atoms with Crippen molar-refractivity contribution in [3.8, 4) is 16.2 Å². The molecule has 3 rings (SSSR count). The second-order valence-corrected chi connectivity index (χ2v) is 7.41. The SMILES string of the molecule is COc1ccc(CNCc2ccc(-c3cc(C(N)=O)c(NC(N)=O)s3)cc2)cc1. The molecule has 2 aromatic carbocycles. The normalized spacial score (nSPS) is 10.5. The van der Waals surface area contributed by atoms with Crippen LogP contribution in [0.15, 0.2) is 54.6 Å². The van der Waals surface area contributed by atoms with Crippen LogP contribution >= 0.6 is 11.3 Å². The molecule has 29 heavy (non-hydrogen) atoms. The van der Waals surface area contributed by atoms with Gasteiger partial charge in [-0.25, -0.2) is 4.79 Å². The zero-order valence-electron chi connectivity index (χ0n) is 15.9. The molecule has 0 saturated carbocycles. The highest BCUT2D eigenvalue weighted by Crippen LogP contribution is 2.35. The molecule has 6 N–H and O–H groups in total. The molecule has 0 fully saturated rings. The van der Waals surface area contributed by atoms with E-state index in [4.69, 9.17) is 16.2 Å². The van der Waals surface area contributed by atoms with Gasteiger partial charge < -0.3 is 21.5 Å². The number of carbonyl (C=O) groups excluding carboxylic acids is 2. The van der Waals surface area contributed by atoms with E-state index < -0.39 is 11.9 Å². The van der Waals surface area contributed by atoms with Gasteiger partial charge >= 0.3 is 6.03 Å². The number of carbonyl (C=O) groups is 2. The van der Waals surface area contributed by atoms with Gasteiger partial charge in [-0.05, 0) is 34.9 Å². The van der Waals surface area contributed by atoms with E-state index in [2.05, 4.69) is 10.6 Å². The summed E-state index contributed by atoms with van der Waals surface area (Å²) in [5, 5.41) is 6.20.